The molecule has 7 heteroatoms. The van der Waals surface area contributed by atoms with Crippen molar-refractivity contribution in [2.24, 2.45) is 4.99 Å². The highest BCUT2D eigenvalue weighted by atomic mass is 32.2. The number of amidine groups is 1. The van der Waals surface area contributed by atoms with E-state index >= 15 is 0 Å². The molecule has 0 saturated carbocycles. The van der Waals surface area contributed by atoms with Gasteiger partial charge in [0.25, 0.3) is 5.91 Å². The Kier molecular flexibility index (Phi) is 4.72. The maximum Gasteiger partial charge on any atom is 0.269 e. The number of fused-ring (bicyclic) bond motifs is 2. The first-order valence-corrected chi connectivity index (χ1v) is 11.3. The van der Waals surface area contributed by atoms with Gasteiger partial charge in [-0.3, -0.25) is 9.69 Å². The first-order chi connectivity index (χ1) is 14.6. The maximum absolute atomic E-state index is 13.2. The predicted molar refractivity (Wildman–Crippen MR) is 125 cm³/mol. The minimum absolute atomic E-state index is 0.0527. The number of thioether (sulfide) groups is 2. The largest absolute Gasteiger partial charge is 0.506 e. The van der Waals surface area contributed by atoms with Crippen LogP contribution in [0.15, 0.2) is 80.5 Å². The molecule has 0 bridgehead atoms. The standard InChI is InChI=1S/C23H19N3O2S2/c1-3-26-21(28)20(22-25(2)16-10-6-7-11-18(16)29-22)30-23(26)24-19-15-9-5-4-8-14(15)12-13-17(19)27/h4-13,27H,3H2,1-2H3. The minimum Gasteiger partial charge on any atom is -0.506 e. The molecule has 1 saturated heterocycles. The number of phenolic OH excluding ortho intramolecular Hbond substituents is 1. The molecule has 3 aromatic rings. The lowest BCUT2D eigenvalue weighted by atomic mass is 10.1. The van der Waals surface area contributed by atoms with E-state index in [1.165, 1.54) is 11.8 Å². The van der Waals surface area contributed by atoms with E-state index < -0.39 is 0 Å². The fourth-order valence-corrected chi connectivity index (χ4v) is 6.05. The highest BCUT2D eigenvalue weighted by Gasteiger charge is 2.38. The number of amides is 1. The van der Waals surface area contributed by atoms with E-state index in [1.54, 1.807) is 22.7 Å². The van der Waals surface area contributed by atoms with Crippen molar-refractivity contribution in [3.63, 3.8) is 0 Å². The van der Waals surface area contributed by atoms with Gasteiger partial charge in [0.2, 0.25) is 0 Å². The number of nitrogens with zero attached hydrogens (tertiary/aromatic N) is 3. The number of carbonyl (C=O) groups excluding carboxylic acids is 1. The molecule has 1 fully saturated rings. The second-order valence-corrected chi connectivity index (χ2v) is 8.97. The van der Waals surface area contributed by atoms with Crippen molar-refractivity contribution >= 4 is 56.7 Å². The maximum atomic E-state index is 13.2. The third-order valence-corrected chi connectivity index (χ3v) is 7.63. The van der Waals surface area contributed by atoms with Gasteiger partial charge in [-0.2, -0.15) is 0 Å². The number of aliphatic imine (C=N–C) groups is 1. The van der Waals surface area contributed by atoms with E-state index in [-0.39, 0.29) is 11.7 Å². The summed E-state index contributed by atoms with van der Waals surface area (Å²) in [5.74, 6) is 0.0503. The second-order valence-electron chi connectivity index (χ2n) is 6.96. The monoisotopic (exact) mass is 433 g/mol. The highest BCUT2D eigenvalue weighted by Crippen LogP contribution is 2.50. The normalized spacial score (nSPS) is 19.9. The number of carbonyl (C=O) groups is 1. The number of likely N-dealkylation sites (N-methyl/N-ethyl adjacent to an activating group) is 1. The highest BCUT2D eigenvalue weighted by molar-refractivity contribution is 8.19. The lowest BCUT2D eigenvalue weighted by Gasteiger charge is -2.15. The molecule has 0 unspecified atom stereocenters. The zero-order valence-electron chi connectivity index (χ0n) is 16.5. The van der Waals surface area contributed by atoms with Crippen molar-refractivity contribution in [2.75, 3.05) is 18.5 Å². The molecule has 150 valence electrons. The van der Waals surface area contributed by atoms with E-state index in [0.717, 1.165) is 26.4 Å². The van der Waals surface area contributed by atoms with Crippen LogP contribution in [0.2, 0.25) is 0 Å². The molecule has 0 spiro atoms. The Morgan fingerprint density at radius 1 is 1.00 bits per heavy atom. The van der Waals surface area contributed by atoms with E-state index in [0.29, 0.717) is 22.3 Å². The van der Waals surface area contributed by atoms with Crippen molar-refractivity contribution in [2.45, 2.75) is 11.8 Å². The van der Waals surface area contributed by atoms with Crippen molar-refractivity contribution in [3.8, 4) is 5.75 Å². The van der Waals surface area contributed by atoms with Crippen LogP contribution in [0, 0.1) is 0 Å². The Hall–Kier alpha value is -2.90. The quantitative estimate of drug-likeness (QED) is 0.538. The molecule has 3 aromatic carbocycles. The molecule has 0 radical (unpaired) electrons. The predicted octanol–water partition coefficient (Wildman–Crippen LogP) is 5.54. The average Bonchev–Trinajstić information content (AvgIpc) is 3.26. The molecule has 5 rings (SSSR count). The Labute approximate surface area is 183 Å². The van der Waals surface area contributed by atoms with E-state index in [1.807, 2.05) is 56.4 Å². The minimum atomic E-state index is -0.0527. The molecule has 0 atom stereocenters. The van der Waals surface area contributed by atoms with Crippen LogP contribution in [-0.2, 0) is 4.79 Å². The summed E-state index contributed by atoms with van der Waals surface area (Å²) < 4.78 is 0. The molecule has 1 N–H and O–H groups in total. The van der Waals surface area contributed by atoms with Gasteiger partial charge in [-0.1, -0.05) is 54.2 Å². The van der Waals surface area contributed by atoms with Gasteiger partial charge in [-0.15, -0.1) is 0 Å². The molecule has 2 aliphatic rings. The van der Waals surface area contributed by atoms with Crippen LogP contribution in [0.4, 0.5) is 11.4 Å². The molecule has 30 heavy (non-hydrogen) atoms. The summed E-state index contributed by atoms with van der Waals surface area (Å²) >= 11 is 2.97. The van der Waals surface area contributed by atoms with Crippen LogP contribution < -0.4 is 4.90 Å². The van der Waals surface area contributed by atoms with Gasteiger partial charge >= 0.3 is 0 Å². The van der Waals surface area contributed by atoms with Crippen molar-refractivity contribution < 1.29 is 9.90 Å². The molecule has 2 heterocycles. The third-order valence-electron chi connectivity index (χ3n) is 5.20. The fourth-order valence-electron chi connectivity index (χ4n) is 3.65. The molecule has 0 aliphatic carbocycles. The summed E-state index contributed by atoms with van der Waals surface area (Å²) in [6.07, 6.45) is 0. The summed E-state index contributed by atoms with van der Waals surface area (Å²) in [6, 6.07) is 19.4. The molecule has 1 amide bonds. The number of aromatic hydroxyl groups is 1. The molecular formula is C23H19N3O2S2. The lowest BCUT2D eigenvalue weighted by Crippen LogP contribution is -2.29. The van der Waals surface area contributed by atoms with Gasteiger partial charge in [-0.25, -0.2) is 4.99 Å². The van der Waals surface area contributed by atoms with Crippen LogP contribution in [-0.4, -0.2) is 34.7 Å². The number of rotatable bonds is 2. The summed E-state index contributed by atoms with van der Waals surface area (Å²) in [7, 11) is 1.98. The zero-order chi connectivity index (χ0) is 20.8. The molecule has 5 nitrogen and oxygen atoms in total. The number of hydrogen-bond acceptors (Lipinski definition) is 6. The smallest absolute Gasteiger partial charge is 0.269 e. The Morgan fingerprint density at radius 3 is 2.57 bits per heavy atom. The lowest BCUT2D eigenvalue weighted by molar-refractivity contribution is -0.122. The Balaban J connectivity index is 1.61. The summed E-state index contributed by atoms with van der Waals surface area (Å²) in [5.41, 5.74) is 1.59. The molecular weight excluding hydrogens is 414 g/mol. The molecule has 0 aromatic heterocycles. The van der Waals surface area contributed by atoms with Crippen LogP contribution in [0.25, 0.3) is 10.8 Å². The Morgan fingerprint density at radius 2 is 1.77 bits per heavy atom. The topological polar surface area (TPSA) is 56.1 Å². The van der Waals surface area contributed by atoms with E-state index in [9.17, 15) is 9.90 Å². The number of para-hydroxylation sites is 1. The Bertz CT molecular complexity index is 1250. The summed E-state index contributed by atoms with van der Waals surface area (Å²) in [6.45, 7) is 2.44. The number of benzene rings is 3. The summed E-state index contributed by atoms with van der Waals surface area (Å²) in [4.78, 5) is 23.5. The average molecular weight is 434 g/mol. The van der Waals surface area contributed by atoms with Crippen LogP contribution in [0.5, 0.6) is 5.75 Å². The number of phenols is 1. The number of anilines is 1. The van der Waals surface area contributed by atoms with Crippen molar-refractivity contribution in [3.05, 3.63) is 70.6 Å². The van der Waals surface area contributed by atoms with Crippen LogP contribution in [0.3, 0.4) is 0 Å². The van der Waals surface area contributed by atoms with Gasteiger partial charge in [0.15, 0.2) is 5.17 Å². The zero-order valence-corrected chi connectivity index (χ0v) is 18.1. The van der Waals surface area contributed by atoms with Gasteiger partial charge in [0, 0.05) is 23.9 Å². The van der Waals surface area contributed by atoms with E-state index in [2.05, 4.69) is 17.0 Å². The third kappa shape index (κ3) is 2.97. The van der Waals surface area contributed by atoms with Gasteiger partial charge in [0.1, 0.15) is 16.3 Å². The van der Waals surface area contributed by atoms with Gasteiger partial charge in [0.05, 0.1) is 10.7 Å². The van der Waals surface area contributed by atoms with E-state index in [4.69, 9.17) is 4.99 Å². The van der Waals surface area contributed by atoms with Gasteiger partial charge in [-0.05, 0) is 42.3 Å². The van der Waals surface area contributed by atoms with Crippen LogP contribution in [0.1, 0.15) is 6.92 Å². The summed E-state index contributed by atoms with van der Waals surface area (Å²) in [5, 5.41) is 13.8. The van der Waals surface area contributed by atoms with Crippen molar-refractivity contribution in [1.82, 2.24) is 4.90 Å². The van der Waals surface area contributed by atoms with Crippen LogP contribution >= 0.6 is 23.5 Å². The first kappa shape index (κ1) is 19.1. The fraction of sp³-hybridized carbons (Fsp3) is 0.130. The first-order valence-electron chi connectivity index (χ1n) is 9.62. The number of hydrogen-bond donors (Lipinski definition) is 1. The SMILES string of the molecule is CCN1C(=O)C(=C2Sc3ccccc3N2C)SC1=Nc1c(O)ccc2ccccc12. The van der Waals surface area contributed by atoms with Gasteiger partial charge < -0.3 is 10.0 Å². The van der Waals surface area contributed by atoms with Crippen molar-refractivity contribution in [1.29, 1.82) is 0 Å². The molecule has 2 aliphatic heterocycles. The second kappa shape index (κ2) is 7.41.